The molecule has 0 bridgehead atoms. The molecule has 0 fully saturated rings. The van der Waals surface area contributed by atoms with Crippen LogP contribution in [0.3, 0.4) is 0 Å². The van der Waals surface area contributed by atoms with Crippen LogP contribution in [0, 0.1) is 0 Å². The molecule has 1 N–H and O–H groups in total. The Bertz CT molecular complexity index is 206. The van der Waals surface area contributed by atoms with Gasteiger partial charge in [0, 0.05) is 38.9 Å². The predicted octanol–water partition coefficient (Wildman–Crippen LogP) is 4.14. The molecule has 0 aromatic heterocycles. The highest BCUT2D eigenvalue weighted by Gasteiger charge is 2.02. The molecule has 0 rings (SSSR count). The highest BCUT2D eigenvalue weighted by molar-refractivity contribution is 8.22. The van der Waals surface area contributed by atoms with Gasteiger partial charge in [0.25, 0.3) is 0 Å². The van der Waals surface area contributed by atoms with E-state index in [2.05, 4.69) is 6.92 Å². The van der Waals surface area contributed by atoms with Gasteiger partial charge in [-0.25, -0.2) is 0 Å². The molecule has 0 aliphatic rings. The Morgan fingerprint density at radius 2 is 1.58 bits per heavy atom. The van der Waals surface area contributed by atoms with E-state index < -0.39 is 0 Å². The van der Waals surface area contributed by atoms with Gasteiger partial charge in [0.05, 0.1) is 5.94 Å². The van der Waals surface area contributed by atoms with Crippen molar-refractivity contribution in [3.63, 3.8) is 0 Å². The van der Waals surface area contributed by atoms with Crippen molar-refractivity contribution in [3.05, 3.63) is 0 Å². The predicted molar refractivity (Wildman–Crippen MR) is 102 cm³/mol. The second kappa shape index (κ2) is 17.8. The lowest BCUT2D eigenvalue weighted by atomic mass is 10.5. The number of carbonyl (C=O) groups is 1. The SMILES string of the molecule is CCSCSCSCCC(=O)SCCSCSCO. The molecule has 0 unspecified atom stereocenters. The van der Waals surface area contributed by atoms with Crippen molar-refractivity contribution < 1.29 is 9.90 Å². The van der Waals surface area contributed by atoms with Crippen LogP contribution in [0.2, 0.25) is 0 Å². The molecule has 0 saturated carbocycles. The summed E-state index contributed by atoms with van der Waals surface area (Å²) in [6.07, 6.45) is 0.687. The lowest BCUT2D eigenvalue weighted by molar-refractivity contribution is -0.110. The van der Waals surface area contributed by atoms with Gasteiger partial charge in [-0.05, 0) is 5.75 Å². The van der Waals surface area contributed by atoms with Crippen LogP contribution in [0.25, 0.3) is 0 Å². The molecule has 8 heteroatoms. The Morgan fingerprint density at radius 3 is 2.32 bits per heavy atom. The molecule has 19 heavy (non-hydrogen) atoms. The van der Waals surface area contributed by atoms with Crippen molar-refractivity contribution in [1.82, 2.24) is 0 Å². The molecule has 0 aliphatic carbocycles. The fraction of sp³-hybridized carbons (Fsp3) is 0.909. The molecule has 0 heterocycles. The van der Waals surface area contributed by atoms with Crippen LogP contribution in [-0.2, 0) is 4.79 Å². The molecular formula is C11H22O2S6. The van der Waals surface area contributed by atoms with Crippen molar-refractivity contribution in [3.8, 4) is 0 Å². The van der Waals surface area contributed by atoms with E-state index in [1.165, 1.54) is 29.3 Å². The first-order chi connectivity index (χ1) is 9.31. The van der Waals surface area contributed by atoms with Crippen LogP contribution >= 0.6 is 70.6 Å². The molecule has 0 radical (unpaired) electrons. The van der Waals surface area contributed by atoms with Crippen LogP contribution in [0.1, 0.15) is 13.3 Å². The van der Waals surface area contributed by atoms with Crippen molar-refractivity contribution in [2.75, 3.05) is 44.2 Å². The number of hydrogen-bond acceptors (Lipinski definition) is 8. The van der Waals surface area contributed by atoms with Crippen LogP contribution in [0.4, 0.5) is 0 Å². The van der Waals surface area contributed by atoms with E-state index in [-0.39, 0.29) is 5.94 Å². The van der Waals surface area contributed by atoms with Crippen molar-refractivity contribution in [1.29, 1.82) is 0 Å². The van der Waals surface area contributed by atoms with Gasteiger partial charge in [-0.15, -0.1) is 23.5 Å². The highest BCUT2D eigenvalue weighted by atomic mass is 32.2. The van der Waals surface area contributed by atoms with E-state index in [4.69, 9.17) is 5.11 Å². The summed E-state index contributed by atoms with van der Waals surface area (Å²) in [4.78, 5) is 11.6. The summed E-state index contributed by atoms with van der Waals surface area (Å²) >= 11 is 10.5. The number of hydrogen-bond donors (Lipinski definition) is 1. The van der Waals surface area contributed by atoms with E-state index in [0.29, 0.717) is 11.5 Å². The summed E-state index contributed by atoms with van der Waals surface area (Å²) in [6, 6.07) is 0. The molecule has 0 saturated heterocycles. The van der Waals surface area contributed by atoms with Gasteiger partial charge in [0.1, 0.15) is 0 Å². The molecule has 0 aliphatic heterocycles. The number of carbonyl (C=O) groups excluding carboxylic acids is 1. The molecule has 2 nitrogen and oxygen atoms in total. The van der Waals surface area contributed by atoms with E-state index in [9.17, 15) is 4.79 Å². The van der Waals surface area contributed by atoms with E-state index in [0.717, 1.165) is 32.5 Å². The maximum absolute atomic E-state index is 11.6. The zero-order valence-electron chi connectivity index (χ0n) is 11.2. The number of thioether (sulfide) groups is 6. The van der Waals surface area contributed by atoms with E-state index in [1.54, 1.807) is 11.8 Å². The smallest absolute Gasteiger partial charge is 0.189 e. The zero-order chi connectivity index (χ0) is 14.2. The normalized spacial score (nSPS) is 10.8. The van der Waals surface area contributed by atoms with Gasteiger partial charge >= 0.3 is 0 Å². The molecule has 0 spiro atoms. The van der Waals surface area contributed by atoms with E-state index in [1.807, 2.05) is 35.3 Å². The van der Waals surface area contributed by atoms with E-state index >= 15 is 0 Å². The molecule has 114 valence electrons. The first-order valence-corrected chi connectivity index (χ1v) is 12.7. The van der Waals surface area contributed by atoms with Gasteiger partial charge in [-0.1, -0.05) is 18.7 Å². The third-order valence-corrected chi connectivity index (χ3v) is 8.51. The van der Waals surface area contributed by atoms with Crippen molar-refractivity contribution >= 4 is 75.7 Å². The van der Waals surface area contributed by atoms with Crippen LogP contribution in [-0.4, -0.2) is 54.4 Å². The van der Waals surface area contributed by atoms with Crippen molar-refractivity contribution in [2.24, 2.45) is 0 Å². The molecular weight excluding hydrogens is 357 g/mol. The largest absolute Gasteiger partial charge is 0.386 e. The number of aliphatic hydroxyl groups is 1. The maximum Gasteiger partial charge on any atom is 0.189 e. The second-order valence-electron chi connectivity index (χ2n) is 3.17. The summed E-state index contributed by atoms with van der Waals surface area (Å²) in [6.45, 7) is 2.18. The molecule has 0 aromatic carbocycles. The summed E-state index contributed by atoms with van der Waals surface area (Å²) in [5.41, 5.74) is 0. The monoisotopic (exact) mass is 378 g/mol. The first kappa shape index (κ1) is 20.7. The first-order valence-electron chi connectivity index (χ1n) is 5.96. The second-order valence-corrected chi connectivity index (χ2v) is 10.8. The average molecular weight is 379 g/mol. The zero-order valence-corrected chi connectivity index (χ0v) is 16.1. The minimum absolute atomic E-state index is 0.186. The Morgan fingerprint density at radius 1 is 0.895 bits per heavy atom. The molecule has 0 aromatic rings. The lowest BCUT2D eigenvalue weighted by Gasteiger charge is -2.02. The summed E-state index contributed by atoms with van der Waals surface area (Å²) in [7, 11) is 0. The topological polar surface area (TPSA) is 37.3 Å². The van der Waals surface area contributed by atoms with Crippen LogP contribution < -0.4 is 0 Å². The number of rotatable bonds is 14. The summed E-state index contributed by atoms with van der Waals surface area (Å²) < 4.78 is 0. The molecule has 0 amide bonds. The van der Waals surface area contributed by atoms with Gasteiger partial charge in [0.15, 0.2) is 5.12 Å². The Kier molecular flexibility index (Phi) is 19.4. The van der Waals surface area contributed by atoms with Crippen molar-refractivity contribution in [2.45, 2.75) is 13.3 Å². The van der Waals surface area contributed by atoms with Gasteiger partial charge in [-0.2, -0.15) is 35.3 Å². The van der Waals surface area contributed by atoms with Crippen LogP contribution in [0.5, 0.6) is 0 Å². The van der Waals surface area contributed by atoms with Gasteiger partial charge < -0.3 is 5.11 Å². The summed E-state index contributed by atoms with van der Waals surface area (Å²) in [5, 5.41) is 12.1. The van der Waals surface area contributed by atoms with Gasteiger partial charge in [-0.3, -0.25) is 4.79 Å². The fourth-order valence-corrected chi connectivity index (χ4v) is 6.84. The Hall–Kier alpha value is 1.73. The standard InChI is InChI=1S/C11H22O2S6/c1-2-14-8-18-10-15-4-3-11(13)19-6-5-16-9-17-7-12/h12H,2-10H2,1H3. The molecule has 0 atom stereocenters. The highest BCUT2D eigenvalue weighted by Crippen LogP contribution is 2.19. The third kappa shape index (κ3) is 17.7. The lowest BCUT2D eigenvalue weighted by Crippen LogP contribution is -1.97. The maximum atomic E-state index is 11.6. The van der Waals surface area contributed by atoms with Gasteiger partial charge in [0.2, 0.25) is 0 Å². The minimum atomic E-state index is 0.186. The third-order valence-electron chi connectivity index (χ3n) is 1.74. The quantitative estimate of drug-likeness (QED) is 0.357. The Labute approximate surface area is 142 Å². The fourth-order valence-electron chi connectivity index (χ4n) is 0.891. The average Bonchev–Trinajstić information content (AvgIpc) is 2.41. The minimum Gasteiger partial charge on any atom is -0.386 e. The summed E-state index contributed by atoms with van der Waals surface area (Å²) in [5.74, 6) is 4.19. The Balaban J connectivity index is 3.13. The number of aliphatic hydroxyl groups excluding tert-OH is 1. The van der Waals surface area contributed by atoms with Crippen LogP contribution in [0.15, 0.2) is 0 Å².